The molecule has 18 heavy (non-hydrogen) atoms. The molecule has 0 amide bonds. The summed E-state index contributed by atoms with van der Waals surface area (Å²) in [7, 11) is 0. The zero-order valence-electron chi connectivity index (χ0n) is 10.1. The molecule has 100 valence electrons. The van der Waals surface area contributed by atoms with Crippen LogP contribution in [0.5, 0.6) is 5.75 Å². The summed E-state index contributed by atoms with van der Waals surface area (Å²) in [6.45, 7) is 4.81. The first-order valence-corrected chi connectivity index (χ1v) is 5.48. The standard InChI is InChI=1S/C12H12ClF3O2/c1-11(2,3)10(17)18-9-5-7(12(14,15)16)4-8(13)6-9/h4-6H,1-3H3. The van der Waals surface area contributed by atoms with Crippen molar-refractivity contribution in [3.63, 3.8) is 0 Å². The maximum atomic E-state index is 12.5. The molecule has 0 fully saturated rings. The van der Waals surface area contributed by atoms with Crippen LogP contribution in [0, 0.1) is 5.41 Å². The van der Waals surface area contributed by atoms with Gasteiger partial charge >= 0.3 is 12.1 Å². The molecule has 0 N–H and O–H groups in total. The van der Waals surface area contributed by atoms with Crippen molar-refractivity contribution in [2.75, 3.05) is 0 Å². The first-order chi connectivity index (χ1) is 8.00. The molecular weight excluding hydrogens is 269 g/mol. The van der Waals surface area contributed by atoms with Gasteiger partial charge in [-0.05, 0) is 39.0 Å². The Morgan fingerprint density at radius 3 is 2.17 bits per heavy atom. The third-order valence-corrected chi connectivity index (χ3v) is 2.24. The molecule has 0 heterocycles. The van der Waals surface area contributed by atoms with Crippen LogP contribution >= 0.6 is 11.6 Å². The van der Waals surface area contributed by atoms with Crippen LogP contribution in [0.25, 0.3) is 0 Å². The van der Waals surface area contributed by atoms with Crippen molar-refractivity contribution >= 4 is 17.6 Å². The lowest BCUT2D eigenvalue weighted by atomic mass is 9.97. The van der Waals surface area contributed by atoms with E-state index in [0.29, 0.717) is 0 Å². The molecule has 0 aromatic heterocycles. The van der Waals surface area contributed by atoms with Crippen LogP contribution in [-0.2, 0) is 11.0 Å². The molecule has 0 atom stereocenters. The van der Waals surface area contributed by atoms with E-state index < -0.39 is 23.1 Å². The monoisotopic (exact) mass is 280 g/mol. The van der Waals surface area contributed by atoms with E-state index >= 15 is 0 Å². The summed E-state index contributed by atoms with van der Waals surface area (Å²) in [6, 6.07) is 2.69. The Bertz CT molecular complexity index is 461. The van der Waals surface area contributed by atoms with Crippen LogP contribution in [0.4, 0.5) is 13.2 Å². The van der Waals surface area contributed by atoms with E-state index in [1.54, 1.807) is 20.8 Å². The molecule has 0 aliphatic carbocycles. The molecule has 6 heteroatoms. The Balaban J connectivity index is 3.05. The second-order valence-corrected chi connectivity index (χ2v) is 5.25. The van der Waals surface area contributed by atoms with Gasteiger partial charge in [-0.3, -0.25) is 4.79 Å². The second kappa shape index (κ2) is 4.80. The fourth-order valence-corrected chi connectivity index (χ4v) is 1.27. The second-order valence-electron chi connectivity index (χ2n) is 4.81. The number of alkyl halides is 3. The van der Waals surface area contributed by atoms with Gasteiger partial charge in [0.2, 0.25) is 0 Å². The first-order valence-electron chi connectivity index (χ1n) is 5.10. The lowest BCUT2D eigenvalue weighted by Crippen LogP contribution is -2.25. The van der Waals surface area contributed by atoms with Crippen molar-refractivity contribution < 1.29 is 22.7 Å². The van der Waals surface area contributed by atoms with Gasteiger partial charge in [-0.25, -0.2) is 0 Å². The highest BCUT2D eigenvalue weighted by Gasteiger charge is 2.32. The van der Waals surface area contributed by atoms with Crippen molar-refractivity contribution in [3.8, 4) is 5.75 Å². The highest BCUT2D eigenvalue weighted by molar-refractivity contribution is 6.30. The molecule has 1 aromatic carbocycles. The molecule has 0 radical (unpaired) electrons. The maximum absolute atomic E-state index is 12.5. The quantitative estimate of drug-likeness (QED) is 0.566. The average molecular weight is 281 g/mol. The van der Waals surface area contributed by atoms with E-state index in [2.05, 4.69) is 0 Å². The molecule has 0 saturated heterocycles. The highest BCUT2D eigenvalue weighted by Crippen LogP contribution is 2.34. The Morgan fingerprint density at radius 1 is 1.17 bits per heavy atom. The van der Waals surface area contributed by atoms with Crippen LogP contribution in [-0.4, -0.2) is 5.97 Å². The van der Waals surface area contributed by atoms with Gasteiger partial charge in [0.25, 0.3) is 0 Å². The van der Waals surface area contributed by atoms with Crippen LogP contribution < -0.4 is 4.74 Å². The third kappa shape index (κ3) is 3.91. The van der Waals surface area contributed by atoms with Crippen LogP contribution in [0.1, 0.15) is 26.3 Å². The van der Waals surface area contributed by atoms with Gasteiger partial charge < -0.3 is 4.74 Å². The number of carbonyl (C=O) groups is 1. The van der Waals surface area contributed by atoms with Crippen molar-refractivity contribution in [1.82, 2.24) is 0 Å². The van der Waals surface area contributed by atoms with Gasteiger partial charge in [0.1, 0.15) is 5.75 Å². The maximum Gasteiger partial charge on any atom is 0.416 e. The lowest BCUT2D eigenvalue weighted by molar-refractivity contribution is -0.144. The van der Waals surface area contributed by atoms with Gasteiger partial charge in [0.05, 0.1) is 11.0 Å². The summed E-state index contributed by atoms with van der Waals surface area (Å²) in [5.74, 6) is -0.840. The molecule has 0 spiro atoms. The molecule has 2 nitrogen and oxygen atoms in total. The van der Waals surface area contributed by atoms with Crippen LogP contribution in [0.15, 0.2) is 18.2 Å². The molecular formula is C12H12ClF3O2. The summed E-state index contributed by atoms with van der Waals surface area (Å²) in [5.41, 5.74) is -1.76. The molecule has 0 saturated carbocycles. The Kier molecular flexibility index (Phi) is 3.96. The minimum Gasteiger partial charge on any atom is -0.426 e. The minimum absolute atomic E-state index is 0.137. The van der Waals surface area contributed by atoms with Gasteiger partial charge in [-0.15, -0.1) is 0 Å². The molecule has 0 unspecified atom stereocenters. The smallest absolute Gasteiger partial charge is 0.416 e. The van der Waals surface area contributed by atoms with Crippen molar-refractivity contribution in [1.29, 1.82) is 0 Å². The number of esters is 1. The number of benzene rings is 1. The zero-order chi connectivity index (χ0) is 14.1. The zero-order valence-corrected chi connectivity index (χ0v) is 10.8. The number of hydrogen-bond donors (Lipinski definition) is 0. The van der Waals surface area contributed by atoms with E-state index in [9.17, 15) is 18.0 Å². The molecule has 0 aliphatic rings. The number of carbonyl (C=O) groups excluding carboxylic acids is 1. The number of hydrogen-bond acceptors (Lipinski definition) is 2. The number of rotatable bonds is 1. The first kappa shape index (κ1) is 14.8. The lowest BCUT2D eigenvalue weighted by Gasteiger charge is -2.17. The number of halogens is 4. The van der Waals surface area contributed by atoms with Gasteiger partial charge in [0.15, 0.2) is 0 Å². The minimum atomic E-state index is -4.53. The summed E-state index contributed by atoms with van der Waals surface area (Å²) in [4.78, 5) is 11.6. The van der Waals surface area contributed by atoms with E-state index in [4.69, 9.17) is 16.3 Å². The number of ether oxygens (including phenoxy) is 1. The summed E-state index contributed by atoms with van der Waals surface area (Å²) >= 11 is 5.56. The topological polar surface area (TPSA) is 26.3 Å². The summed E-state index contributed by atoms with van der Waals surface area (Å²) in [5, 5.41) is -0.137. The highest BCUT2D eigenvalue weighted by atomic mass is 35.5. The van der Waals surface area contributed by atoms with Crippen molar-refractivity contribution in [3.05, 3.63) is 28.8 Å². The summed E-state index contributed by atoms with van der Waals surface area (Å²) in [6.07, 6.45) is -4.53. The van der Waals surface area contributed by atoms with E-state index in [-0.39, 0.29) is 10.8 Å². The van der Waals surface area contributed by atoms with Gasteiger partial charge in [-0.2, -0.15) is 13.2 Å². The third-order valence-electron chi connectivity index (χ3n) is 2.02. The van der Waals surface area contributed by atoms with Gasteiger partial charge in [-0.1, -0.05) is 11.6 Å². The van der Waals surface area contributed by atoms with Crippen LogP contribution in [0.3, 0.4) is 0 Å². The Hall–Kier alpha value is -1.23. The average Bonchev–Trinajstić information content (AvgIpc) is 2.13. The molecule has 0 aliphatic heterocycles. The Labute approximate surface area is 108 Å². The largest absolute Gasteiger partial charge is 0.426 e. The van der Waals surface area contributed by atoms with E-state index in [1.807, 2.05) is 0 Å². The van der Waals surface area contributed by atoms with E-state index in [1.165, 1.54) is 6.07 Å². The normalized spacial score (nSPS) is 12.4. The predicted molar refractivity (Wildman–Crippen MR) is 61.5 cm³/mol. The van der Waals surface area contributed by atoms with Crippen LogP contribution in [0.2, 0.25) is 5.02 Å². The predicted octanol–water partition coefficient (Wildman–Crippen LogP) is 4.31. The van der Waals surface area contributed by atoms with E-state index in [0.717, 1.165) is 12.1 Å². The fraction of sp³-hybridized carbons (Fsp3) is 0.417. The fourth-order valence-electron chi connectivity index (χ4n) is 1.05. The van der Waals surface area contributed by atoms with Crippen molar-refractivity contribution in [2.45, 2.75) is 26.9 Å². The molecule has 0 bridgehead atoms. The Morgan fingerprint density at radius 2 is 1.72 bits per heavy atom. The van der Waals surface area contributed by atoms with Crippen molar-refractivity contribution in [2.24, 2.45) is 5.41 Å². The molecule has 1 aromatic rings. The summed E-state index contributed by atoms with van der Waals surface area (Å²) < 4.78 is 42.4. The molecule has 1 rings (SSSR count). The van der Waals surface area contributed by atoms with Gasteiger partial charge in [0, 0.05) is 5.02 Å². The SMILES string of the molecule is CC(C)(C)C(=O)Oc1cc(Cl)cc(C(F)(F)F)c1.